The monoisotopic (exact) mass is 365 g/mol. The van der Waals surface area contributed by atoms with Crippen molar-refractivity contribution in [1.29, 1.82) is 0 Å². The van der Waals surface area contributed by atoms with Crippen LogP contribution < -0.4 is 16.0 Å². The third kappa shape index (κ3) is 5.17. The fourth-order valence-electron chi connectivity index (χ4n) is 2.67. The summed E-state index contributed by atoms with van der Waals surface area (Å²) >= 11 is 0. The maximum atomic E-state index is 12.2. The van der Waals surface area contributed by atoms with E-state index in [0.717, 1.165) is 24.0 Å². The Morgan fingerprint density at radius 3 is 2.48 bits per heavy atom. The second-order valence-electron chi connectivity index (χ2n) is 6.89. The van der Waals surface area contributed by atoms with Gasteiger partial charge < -0.3 is 16.0 Å². The number of rotatable bonds is 6. The van der Waals surface area contributed by atoms with E-state index >= 15 is 0 Å². The maximum absolute atomic E-state index is 12.2. The fourth-order valence-corrected chi connectivity index (χ4v) is 2.67. The van der Waals surface area contributed by atoms with E-state index in [2.05, 4.69) is 16.0 Å². The Kier molecular flexibility index (Phi) is 5.54. The molecule has 6 nitrogen and oxygen atoms in total. The second-order valence-corrected chi connectivity index (χ2v) is 6.89. The van der Waals surface area contributed by atoms with Crippen molar-refractivity contribution >= 4 is 29.1 Å². The number of hydrogen-bond acceptors (Lipinski definition) is 3. The predicted molar refractivity (Wildman–Crippen MR) is 105 cm³/mol. The zero-order chi connectivity index (χ0) is 19.4. The molecule has 0 atom stereocenters. The molecule has 3 amide bonds. The van der Waals surface area contributed by atoms with Gasteiger partial charge in [0.1, 0.15) is 0 Å². The molecule has 27 heavy (non-hydrogen) atoms. The van der Waals surface area contributed by atoms with E-state index < -0.39 is 0 Å². The highest BCUT2D eigenvalue weighted by atomic mass is 16.2. The summed E-state index contributed by atoms with van der Waals surface area (Å²) in [5.41, 5.74) is 3.63. The van der Waals surface area contributed by atoms with Gasteiger partial charge in [0.2, 0.25) is 11.8 Å². The number of nitrogens with one attached hydrogen (secondary N) is 3. The van der Waals surface area contributed by atoms with Crippen LogP contribution in [0.25, 0.3) is 0 Å². The minimum absolute atomic E-state index is 0.0153. The van der Waals surface area contributed by atoms with Gasteiger partial charge in [-0.3, -0.25) is 14.4 Å². The quantitative estimate of drug-likeness (QED) is 0.735. The first-order valence-corrected chi connectivity index (χ1v) is 8.98. The fraction of sp³-hybridized carbons (Fsp3) is 0.286. The Balaban J connectivity index is 1.56. The van der Waals surface area contributed by atoms with Gasteiger partial charge in [-0.2, -0.15) is 0 Å². The van der Waals surface area contributed by atoms with Crippen LogP contribution in [-0.2, 0) is 9.59 Å². The van der Waals surface area contributed by atoms with Gasteiger partial charge in [0.05, 0.1) is 6.54 Å². The second kappa shape index (κ2) is 8.03. The molecular weight excluding hydrogens is 342 g/mol. The van der Waals surface area contributed by atoms with E-state index in [0.29, 0.717) is 16.9 Å². The van der Waals surface area contributed by atoms with Gasteiger partial charge in [-0.15, -0.1) is 0 Å². The lowest BCUT2D eigenvalue weighted by molar-refractivity contribution is -0.117. The third-order valence-corrected chi connectivity index (χ3v) is 4.42. The minimum atomic E-state index is -0.329. The molecule has 0 aliphatic heterocycles. The Hall–Kier alpha value is -3.15. The van der Waals surface area contributed by atoms with Crippen LogP contribution in [0.2, 0.25) is 0 Å². The SMILES string of the molecule is Cc1cccc(C(=O)NCC(=O)Nc2cc(NC(=O)C3CC3)ccc2C)c1. The highest BCUT2D eigenvalue weighted by Gasteiger charge is 2.29. The van der Waals surface area contributed by atoms with Crippen LogP contribution in [0.5, 0.6) is 0 Å². The Morgan fingerprint density at radius 1 is 1.00 bits per heavy atom. The molecule has 0 saturated heterocycles. The lowest BCUT2D eigenvalue weighted by Crippen LogP contribution is -2.33. The molecule has 2 aromatic rings. The van der Waals surface area contributed by atoms with Crippen molar-refractivity contribution in [2.75, 3.05) is 17.2 Å². The van der Waals surface area contributed by atoms with Crippen molar-refractivity contribution in [2.24, 2.45) is 5.92 Å². The van der Waals surface area contributed by atoms with Crippen LogP contribution in [-0.4, -0.2) is 24.3 Å². The first kappa shape index (κ1) is 18.6. The van der Waals surface area contributed by atoms with Crippen LogP contribution >= 0.6 is 0 Å². The van der Waals surface area contributed by atoms with Gasteiger partial charge in [0.25, 0.3) is 5.91 Å². The molecule has 140 valence electrons. The normalized spacial score (nSPS) is 13.0. The number of hydrogen-bond donors (Lipinski definition) is 3. The molecule has 0 aromatic heterocycles. The molecule has 1 saturated carbocycles. The van der Waals surface area contributed by atoms with E-state index in [1.165, 1.54) is 0 Å². The Labute approximate surface area is 158 Å². The molecule has 0 bridgehead atoms. The molecule has 0 unspecified atom stereocenters. The standard InChI is InChI=1S/C21H23N3O3/c1-13-4-3-5-16(10-13)20(26)22-12-19(25)24-18-11-17(9-6-14(18)2)23-21(27)15-7-8-15/h3-6,9-11,15H,7-8,12H2,1-2H3,(H,22,26)(H,23,27)(H,24,25). The van der Waals surface area contributed by atoms with Crippen molar-refractivity contribution in [3.63, 3.8) is 0 Å². The van der Waals surface area contributed by atoms with Crippen LogP contribution in [0.15, 0.2) is 42.5 Å². The molecule has 0 radical (unpaired) electrons. The van der Waals surface area contributed by atoms with Gasteiger partial charge in [-0.05, 0) is 56.5 Å². The average Bonchev–Trinajstić information content (AvgIpc) is 3.48. The van der Waals surface area contributed by atoms with Crippen molar-refractivity contribution in [3.05, 3.63) is 59.2 Å². The van der Waals surface area contributed by atoms with E-state index in [9.17, 15) is 14.4 Å². The molecule has 0 spiro atoms. The Bertz CT molecular complexity index is 888. The highest BCUT2D eigenvalue weighted by molar-refractivity contribution is 6.00. The third-order valence-electron chi connectivity index (χ3n) is 4.42. The summed E-state index contributed by atoms with van der Waals surface area (Å²) < 4.78 is 0. The summed E-state index contributed by atoms with van der Waals surface area (Å²) in [4.78, 5) is 36.2. The van der Waals surface area contributed by atoms with Gasteiger partial charge in [-0.1, -0.05) is 23.8 Å². The van der Waals surface area contributed by atoms with Crippen LogP contribution in [0.3, 0.4) is 0 Å². The van der Waals surface area contributed by atoms with Crippen LogP contribution in [0.1, 0.15) is 34.3 Å². The minimum Gasteiger partial charge on any atom is -0.343 e. The Morgan fingerprint density at radius 2 is 1.78 bits per heavy atom. The summed E-state index contributed by atoms with van der Waals surface area (Å²) in [6, 6.07) is 12.6. The lowest BCUT2D eigenvalue weighted by atomic mass is 10.1. The average molecular weight is 365 g/mol. The van der Waals surface area contributed by atoms with Crippen molar-refractivity contribution in [1.82, 2.24) is 5.32 Å². The lowest BCUT2D eigenvalue weighted by Gasteiger charge is -2.12. The van der Waals surface area contributed by atoms with Gasteiger partial charge >= 0.3 is 0 Å². The molecule has 3 N–H and O–H groups in total. The summed E-state index contributed by atoms with van der Waals surface area (Å²) in [5, 5.41) is 8.26. The number of amides is 3. The van der Waals surface area contributed by atoms with Crippen molar-refractivity contribution in [2.45, 2.75) is 26.7 Å². The molecule has 2 aromatic carbocycles. The zero-order valence-corrected chi connectivity index (χ0v) is 15.5. The first-order chi connectivity index (χ1) is 12.9. The molecule has 1 fully saturated rings. The highest BCUT2D eigenvalue weighted by Crippen LogP contribution is 2.30. The largest absolute Gasteiger partial charge is 0.343 e. The van der Waals surface area contributed by atoms with Gasteiger partial charge in [0, 0.05) is 22.9 Å². The smallest absolute Gasteiger partial charge is 0.251 e. The topological polar surface area (TPSA) is 87.3 Å². The van der Waals surface area contributed by atoms with Crippen LogP contribution in [0, 0.1) is 19.8 Å². The number of carbonyl (C=O) groups is 3. The van der Waals surface area contributed by atoms with Crippen molar-refractivity contribution < 1.29 is 14.4 Å². The summed E-state index contributed by atoms with van der Waals surface area (Å²) in [6.45, 7) is 3.64. The number of benzene rings is 2. The van der Waals surface area contributed by atoms with Crippen LogP contribution in [0.4, 0.5) is 11.4 Å². The number of aryl methyl sites for hydroxylation is 2. The van der Waals surface area contributed by atoms with Crippen molar-refractivity contribution in [3.8, 4) is 0 Å². The number of carbonyl (C=O) groups excluding carboxylic acids is 3. The molecule has 0 heterocycles. The molecule has 3 rings (SSSR count). The van der Waals surface area contributed by atoms with Gasteiger partial charge in [0.15, 0.2) is 0 Å². The zero-order valence-electron chi connectivity index (χ0n) is 15.5. The first-order valence-electron chi connectivity index (χ1n) is 8.98. The summed E-state index contributed by atoms with van der Waals surface area (Å²) in [5.74, 6) is -0.497. The molecule has 1 aliphatic rings. The van der Waals surface area contributed by atoms with Gasteiger partial charge in [-0.25, -0.2) is 0 Å². The van der Waals surface area contributed by atoms with E-state index in [-0.39, 0.29) is 30.2 Å². The number of anilines is 2. The van der Waals surface area contributed by atoms with E-state index in [1.54, 1.807) is 24.3 Å². The predicted octanol–water partition coefficient (Wildman–Crippen LogP) is 3.02. The summed E-state index contributed by atoms with van der Waals surface area (Å²) in [6.07, 6.45) is 1.86. The van der Waals surface area contributed by atoms with E-state index in [1.807, 2.05) is 32.0 Å². The maximum Gasteiger partial charge on any atom is 0.251 e. The molecule has 1 aliphatic carbocycles. The molecular formula is C21H23N3O3. The van der Waals surface area contributed by atoms with E-state index in [4.69, 9.17) is 0 Å². The molecule has 6 heteroatoms. The summed E-state index contributed by atoms with van der Waals surface area (Å²) in [7, 11) is 0.